The van der Waals surface area contributed by atoms with E-state index in [4.69, 9.17) is 10.5 Å². The van der Waals surface area contributed by atoms with Crippen LogP contribution in [0.3, 0.4) is 0 Å². The molecule has 2 aliphatic heterocycles. The number of ether oxygens (including phenoxy) is 1. The molecular formula is C13H13FN4O4. The summed E-state index contributed by atoms with van der Waals surface area (Å²) in [6.07, 6.45) is 0. The van der Waals surface area contributed by atoms with Crippen molar-refractivity contribution >= 4 is 17.6 Å². The minimum Gasteiger partial charge on any atom is -0.378 e. The Hall–Kier alpha value is -2.55. The SMILES string of the molecule is CN1C(=O)[C@@H]2COC[C@@]2(c2cc([N+](=O)[O-])ccc2F)N=C1N. The lowest BCUT2D eigenvalue weighted by molar-refractivity contribution is -0.385. The number of nitro benzene ring substituents is 1. The molecule has 2 N–H and O–H groups in total. The van der Waals surface area contributed by atoms with Gasteiger partial charge in [0.05, 0.1) is 24.1 Å². The number of hydrogen-bond donors (Lipinski definition) is 1. The minimum absolute atomic E-state index is 0.0476. The van der Waals surface area contributed by atoms with E-state index in [-0.39, 0.29) is 36.3 Å². The maximum absolute atomic E-state index is 14.3. The fourth-order valence-corrected chi connectivity index (χ4v) is 2.87. The van der Waals surface area contributed by atoms with Crippen LogP contribution in [0.5, 0.6) is 0 Å². The number of guanidine groups is 1. The molecule has 0 unspecified atom stereocenters. The summed E-state index contributed by atoms with van der Waals surface area (Å²) in [6.45, 7) is -0.00187. The van der Waals surface area contributed by atoms with Crippen molar-refractivity contribution in [3.05, 3.63) is 39.7 Å². The van der Waals surface area contributed by atoms with Gasteiger partial charge in [-0.25, -0.2) is 9.38 Å². The number of benzene rings is 1. The third kappa shape index (κ3) is 1.86. The maximum atomic E-state index is 14.3. The number of nitro groups is 1. The van der Waals surface area contributed by atoms with Crippen LogP contribution in [-0.2, 0) is 15.1 Å². The number of nitrogens with two attached hydrogens (primary N) is 1. The third-order valence-electron chi connectivity index (χ3n) is 4.10. The zero-order chi connectivity index (χ0) is 16.1. The van der Waals surface area contributed by atoms with Crippen molar-refractivity contribution in [1.29, 1.82) is 0 Å². The summed E-state index contributed by atoms with van der Waals surface area (Å²) in [6, 6.07) is 3.14. The average molecular weight is 308 g/mol. The number of aliphatic imine (C=N–C) groups is 1. The minimum atomic E-state index is -1.36. The van der Waals surface area contributed by atoms with Crippen LogP contribution in [0, 0.1) is 21.8 Å². The normalized spacial score (nSPS) is 27.5. The van der Waals surface area contributed by atoms with Gasteiger partial charge in [0.1, 0.15) is 11.4 Å². The standard InChI is InChI=1S/C13H13FN4O4/c1-17-11(19)9-5-22-6-13(9,16-12(17)15)8-4-7(18(20)21)2-3-10(8)14/h2-4,9H,5-6H2,1H3,(H2,15,16)/t9-,13-/m0/s1. The Morgan fingerprint density at radius 1 is 1.59 bits per heavy atom. The fraction of sp³-hybridized carbons (Fsp3) is 0.385. The molecule has 1 aromatic rings. The van der Waals surface area contributed by atoms with Gasteiger partial charge < -0.3 is 10.5 Å². The number of carbonyl (C=O) groups excluding carboxylic acids is 1. The van der Waals surface area contributed by atoms with Crippen molar-refractivity contribution in [2.45, 2.75) is 5.54 Å². The quantitative estimate of drug-likeness (QED) is 0.626. The maximum Gasteiger partial charge on any atom is 0.270 e. The number of hydrogen-bond acceptors (Lipinski definition) is 6. The van der Waals surface area contributed by atoms with Gasteiger partial charge in [0.25, 0.3) is 5.69 Å². The van der Waals surface area contributed by atoms with E-state index < -0.39 is 22.2 Å². The first-order chi connectivity index (χ1) is 10.4. The highest BCUT2D eigenvalue weighted by molar-refractivity contribution is 6.00. The van der Waals surface area contributed by atoms with Gasteiger partial charge in [-0.2, -0.15) is 0 Å². The van der Waals surface area contributed by atoms with Crippen LogP contribution in [0.25, 0.3) is 0 Å². The lowest BCUT2D eigenvalue weighted by atomic mass is 9.79. The van der Waals surface area contributed by atoms with Crippen LogP contribution in [0.4, 0.5) is 10.1 Å². The van der Waals surface area contributed by atoms with Gasteiger partial charge in [-0.1, -0.05) is 0 Å². The molecule has 9 heteroatoms. The smallest absolute Gasteiger partial charge is 0.270 e. The van der Waals surface area contributed by atoms with Crippen LogP contribution >= 0.6 is 0 Å². The molecule has 0 aliphatic carbocycles. The molecule has 2 atom stereocenters. The van der Waals surface area contributed by atoms with E-state index in [0.29, 0.717) is 0 Å². The van der Waals surface area contributed by atoms with Crippen molar-refractivity contribution < 1.29 is 18.8 Å². The van der Waals surface area contributed by atoms with E-state index >= 15 is 0 Å². The Morgan fingerprint density at radius 2 is 2.32 bits per heavy atom. The van der Waals surface area contributed by atoms with E-state index in [9.17, 15) is 19.3 Å². The van der Waals surface area contributed by atoms with Gasteiger partial charge >= 0.3 is 0 Å². The molecule has 8 nitrogen and oxygen atoms in total. The van der Waals surface area contributed by atoms with Crippen LogP contribution in [0.15, 0.2) is 23.2 Å². The number of halogens is 1. The van der Waals surface area contributed by atoms with E-state index in [1.165, 1.54) is 11.9 Å². The molecule has 0 radical (unpaired) electrons. The first-order valence-corrected chi connectivity index (χ1v) is 6.52. The van der Waals surface area contributed by atoms with Gasteiger partial charge in [0.15, 0.2) is 5.96 Å². The van der Waals surface area contributed by atoms with Crippen LogP contribution < -0.4 is 5.73 Å². The molecule has 0 bridgehead atoms. The topological polar surface area (TPSA) is 111 Å². The molecule has 22 heavy (non-hydrogen) atoms. The predicted molar refractivity (Wildman–Crippen MR) is 73.4 cm³/mol. The number of carbonyl (C=O) groups is 1. The van der Waals surface area contributed by atoms with E-state index in [0.717, 1.165) is 18.2 Å². The summed E-state index contributed by atoms with van der Waals surface area (Å²) in [5.74, 6) is -1.87. The Labute approximate surface area is 124 Å². The first kappa shape index (κ1) is 14.4. The number of non-ortho nitro benzene ring substituents is 1. The van der Waals surface area contributed by atoms with Gasteiger partial charge in [-0.15, -0.1) is 0 Å². The lowest BCUT2D eigenvalue weighted by Gasteiger charge is -2.37. The zero-order valence-electron chi connectivity index (χ0n) is 11.7. The van der Waals surface area contributed by atoms with Gasteiger partial charge in [-0.3, -0.25) is 19.8 Å². The highest BCUT2D eigenvalue weighted by Crippen LogP contribution is 2.44. The van der Waals surface area contributed by atoms with Crippen molar-refractivity contribution in [2.24, 2.45) is 16.6 Å². The Balaban J connectivity index is 2.22. The molecule has 0 spiro atoms. The Morgan fingerprint density at radius 3 is 3.00 bits per heavy atom. The monoisotopic (exact) mass is 308 g/mol. The molecule has 2 heterocycles. The second-order valence-electron chi connectivity index (χ2n) is 5.28. The molecule has 2 aliphatic rings. The largest absolute Gasteiger partial charge is 0.378 e. The molecule has 1 amide bonds. The highest BCUT2D eigenvalue weighted by atomic mass is 19.1. The van der Waals surface area contributed by atoms with E-state index in [1.54, 1.807) is 0 Å². The molecule has 1 saturated heterocycles. The van der Waals surface area contributed by atoms with E-state index in [1.807, 2.05) is 0 Å². The molecule has 3 rings (SSSR count). The molecule has 116 valence electrons. The van der Waals surface area contributed by atoms with Crippen molar-refractivity contribution in [1.82, 2.24) is 4.90 Å². The average Bonchev–Trinajstić information content (AvgIpc) is 2.89. The Kier molecular flexibility index (Phi) is 3.10. The van der Waals surface area contributed by atoms with Gasteiger partial charge in [-0.05, 0) is 6.07 Å². The molecular weight excluding hydrogens is 295 g/mol. The second-order valence-corrected chi connectivity index (χ2v) is 5.28. The van der Waals surface area contributed by atoms with Crippen molar-refractivity contribution in [3.63, 3.8) is 0 Å². The fourth-order valence-electron chi connectivity index (χ4n) is 2.87. The lowest BCUT2D eigenvalue weighted by Crippen LogP contribution is -2.54. The van der Waals surface area contributed by atoms with Gasteiger partial charge in [0.2, 0.25) is 5.91 Å². The summed E-state index contributed by atoms with van der Waals surface area (Å²) in [4.78, 5) is 28.1. The third-order valence-corrected chi connectivity index (χ3v) is 4.10. The predicted octanol–water partition coefficient (Wildman–Crippen LogP) is 0.362. The highest BCUT2D eigenvalue weighted by Gasteiger charge is 2.55. The molecule has 1 fully saturated rings. The molecule has 0 saturated carbocycles. The first-order valence-electron chi connectivity index (χ1n) is 6.52. The van der Waals surface area contributed by atoms with Crippen LogP contribution in [-0.4, -0.2) is 42.0 Å². The number of fused-ring (bicyclic) bond motifs is 1. The number of nitrogens with zero attached hydrogens (tertiary/aromatic N) is 3. The second kappa shape index (κ2) is 4.73. The summed E-state index contributed by atoms with van der Waals surface area (Å²) < 4.78 is 19.6. The summed E-state index contributed by atoms with van der Waals surface area (Å²) in [5, 5.41) is 10.9. The van der Waals surface area contributed by atoms with Gasteiger partial charge in [0, 0.05) is 24.7 Å². The van der Waals surface area contributed by atoms with E-state index in [2.05, 4.69) is 4.99 Å². The summed E-state index contributed by atoms with van der Waals surface area (Å²) in [7, 11) is 1.47. The molecule has 1 aromatic carbocycles. The van der Waals surface area contributed by atoms with Crippen molar-refractivity contribution in [2.75, 3.05) is 20.3 Å². The number of rotatable bonds is 2. The zero-order valence-corrected chi connectivity index (χ0v) is 11.7. The molecule has 0 aromatic heterocycles. The summed E-state index contributed by atoms with van der Waals surface area (Å²) in [5.41, 5.74) is 4.05. The van der Waals surface area contributed by atoms with Crippen molar-refractivity contribution in [3.8, 4) is 0 Å². The Bertz CT molecular complexity index is 707. The van der Waals surface area contributed by atoms with Crippen LogP contribution in [0.2, 0.25) is 0 Å². The number of amides is 1. The van der Waals surface area contributed by atoms with Crippen LogP contribution in [0.1, 0.15) is 5.56 Å². The summed E-state index contributed by atoms with van der Waals surface area (Å²) >= 11 is 0.